The van der Waals surface area contributed by atoms with Crippen molar-refractivity contribution < 1.29 is 0 Å². The molecule has 1 heterocycles. The fourth-order valence-electron chi connectivity index (χ4n) is 2.29. The summed E-state index contributed by atoms with van der Waals surface area (Å²) >= 11 is 1.63. The molecule has 0 radical (unpaired) electrons. The molecule has 25 heavy (non-hydrogen) atoms. The van der Waals surface area contributed by atoms with Gasteiger partial charge >= 0.3 is 0 Å². The summed E-state index contributed by atoms with van der Waals surface area (Å²) in [7, 11) is 0. The predicted octanol–water partition coefficient (Wildman–Crippen LogP) is 4.08. The normalized spacial score (nSPS) is 11.0. The molecule has 3 aromatic rings. The maximum Gasteiger partial charge on any atom is 0.188 e. The highest BCUT2D eigenvalue weighted by atomic mass is 127. The van der Waals surface area contributed by atoms with Gasteiger partial charge in [0.1, 0.15) is 5.01 Å². The lowest BCUT2D eigenvalue weighted by Gasteiger charge is -2.05. The maximum absolute atomic E-state index is 5.92. The molecule has 0 amide bonds. The van der Waals surface area contributed by atoms with Crippen molar-refractivity contribution in [3.05, 3.63) is 77.3 Å². The lowest BCUT2D eigenvalue weighted by atomic mass is 10.1. The molecule has 130 valence electrons. The average molecular weight is 464 g/mol. The fraction of sp³-hybridized carbons (Fsp3) is 0.158. The molecule has 0 atom stereocenters. The molecule has 3 N–H and O–H groups in total. The Balaban J connectivity index is 0.00000225. The average Bonchev–Trinajstić information content (AvgIpc) is 3.11. The molecule has 0 aliphatic carbocycles. The number of aliphatic imine (C=N–C) groups is 1. The van der Waals surface area contributed by atoms with Crippen LogP contribution >= 0.6 is 35.3 Å². The van der Waals surface area contributed by atoms with Gasteiger partial charge in [0.2, 0.25) is 0 Å². The standard InChI is InChI=1S/C19H20N4S.HI/c20-19(21-12-11-15-7-3-1-4-8-15)22-13-17-14-24-18(23-17)16-9-5-2-6-10-16;/h1-10,14H,11-13H2,(H3,20,21,22);1H. The fourth-order valence-corrected chi connectivity index (χ4v) is 3.11. The van der Waals surface area contributed by atoms with Crippen molar-refractivity contribution in [2.24, 2.45) is 10.7 Å². The van der Waals surface area contributed by atoms with Crippen LogP contribution in [0.15, 0.2) is 71.0 Å². The minimum atomic E-state index is 0. The zero-order chi connectivity index (χ0) is 16.6. The van der Waals surface area contributed by atoms with E-state index in [1.54, 1.807) is 11.3 Å². The number of guanidine groups is 1. The van der Waals surface area contributed by atoms with Crippen LogP contribution < -0.4 is 11.1 Å². The summed E-state index contributed by atoms with van der Waals surface area (Å²) in [6, 6.07) is 20.5. The number of nitrogens with one attached hydrogen (secondary N) is 1. The number of nitrogens with zero attached hydrogens (tertiary/aromatic N) is 2. The highest BCUT2D eigenvalue weighted by Crippen LogP contribution is 2.23. The highest BCUT2D eigenvalue weighted by Gasteiger charge is 2.03. The van der Waals surface area contributed by atoms with Crippen molar-refractivity contribution in [2.45, 2.75) is 13.0 Å². The SMILES string of the molecule is I.NC(=NCc1csc(-c2ccccc2)n1)NCCc1ccccc1. The van der Waals surface area contributed by atoms with Crippen LogP contribution in [0.3, 0.4) is 0 Å². The van der Waals surface area contributed by atoms with Crippen LogP contribution in [-0.4, -0.2) is 17.5 Å². The summed E-state index contributed by atoms with van der Waals surface area (Å²) in [5.74, 6) is 0.459. The number of hydrogen-bond acceptors (Lipinski definition) is 3. The monoisotopic (exact) mass is 464 g/mol. The van der Waals surface area contributed by atoms with Crippen molar-refractivity contribution >= 4 is 41.3 Å². The lowest BCUT2D eigenvalue weighted by molar-refractivity contribution is 0.845. The van der Waals surface area contributed by atoms with Gasteiger partial charge in [-0.25, -0.2) is 9.98 Å². The first-order valence-electron chi connectivity index (χ1n) is 7.89. The Hall–Kier alpha value is -1.93. The van der Waals surface area contributed by atoms with E-state index in [1.165, 1.54) is 5.56 Å². The topological polar surface area (TPSA) is 63.3 Å². The Morgan fingerprint density at radius 1 is 1.04 bits per heavy atom. The van der Waals surface area contributed by atoms with E-state index in [2.05, 4.69) is 39.6 Å². The zero-order valence-corrected chi connectivity index (χ0v) is 16.9. The van der Waals surface area contributed by atoms with Crippen molar-refractivity contribution in [1.82, 2.24) is 10.3 Å². The Kier molecular flexibility index (Phi) is 7.87. The first-order chi connectivity index (χ1) is 11.8. The number of hydrogen-bond donors (Lipinski definition) is 2. The second-order valence-corrected chi connectivity index (χ2v) is 6.23. The van der Waals surface area contributed by atoms with Crippen molar-refractivity contribution in [1.29, 1.82) is 0 Å². The number of halogens is 1. The third kappa shape index (κ3) is 6.13. The molecular weight excluding hydrogens is 443 g/mol. The van der Waals surface area contributed by atoms with E-state index in [-0.39, 0.29) is 24.0 Å². The Labute approximate surface area is 169 Å². The Bertz CT molecular complexity index is 787. The number of nitrogens with two attached hydrogens (primary N) is 1. The van der Waals surface area contributed by atoms with Gasteiger partial charge in [-0.3, -0.25) is 0 Å². The molecule has 0 saturated heterocycles. The molecule has 1 aromatic heterocycles. The molecule has 0 aliphatic rings. The molecule has 4 nitrogen and oxygen atoms in total. The molecule has 0 fully saturated rings. The molecule has 0 unspecified atom stereocenters. The summed E-state index contributed by atoms with van der Waals surface area (Å²) in [6.07, 6.45) is 0.923. The van der Waals surface area contributed by atoms with Gasteiger partial charge in [-0.15, -0.1) is 35.3 Å². The van der Waals surface area contributed by atoms with E-state index in [9.17, 15) is 0 Å². The van der Waals surface area contributed by atoms with Gasteiger partial charge in [0.15, 0.2) is 5.96 Å². The van der Waals surface area contributed by atoms with Gasteiger partial charge in [0.25, 0.3) is 0 Å². The van der Waals surface area contributed by atoms with E-state index in [0.717, 1.165) is 29.2 Å². The number of thiazole rings is 1. The van der Waals surface area contributed by atoms with Crippen molar-refractivity contribution in [3.8, 4) is 10.6 Å². The molecule has 0 saturated carbocycles. The van der Waals surface area contributed by atoms with Gasteiger partial charge < -0.3 is 11.1 Å². The van der Waals surface area contributed by atoms with E-state index >= 15 is 0 Å². The minimum Gasteiger partial charge on any atom is -0.370 e. The van der Waals surface area contributed by atoms with Crippen LogP contribution in [0.25, 0.3) is 10.6 Å². The number of aromatic nitrogens is 1. The molecule has 2 aromatic carbocycles. The summed E-state index contributed by atoms with van der Waals surface area (Å²) in [5.41, 5.74) is 9.27. The minimum absolute atomic E-state index is 0. The summed E-state index contributed by atoms with van der Waals surface area (Å²) in [5, 5.41) is 6.18. The van der Waals surface area contributed by atoms with Crippen LogP contribution in [0.4, 0.5) is 0 Å². The molecule has 3 rings (SSSR count). The van der Waals surface area contributed by atoms with E-state index in [1.807, 2.05) is 41.8 Å². The van der Waals surface area contributed by atoms with Gasteiger partial charge in [-0.05, 0) is 12.0 Å². The predicted molar refractivity (Wildman–Crippen MR) is 116 cm³/mol. The summed E-state index contributed by atoms with van der Waals surface area (Å²) in [4.78, 5) is 8.97. The zero-order valence-electron chi connectivity index (χ0n) is 13.8. The Morgan fingerprint density at radius 3 is 2.44 bits per heavy atom. The summed E-state index contributed by atoms with van der Waals surface area (Å²) < 4.78 is 0. The number of benzene rings is 2. The molecule has 6 heteroatoms. The number of rotatable bonds is 6. The van der Waals surface area contributed by atoms with E-state index in [0.29, 0.717) is 12.5 Å². The second-order valence-electron chi connectivity index (χ2n) is 5.37. The van der Waals surface area contributed by atoms with E-state index < -0.39 is 0 Å². The van der Waals surface area contributed by atoms with Crippen LogP contribution in [0, 0.1) is 0 Å². The quantitative estimate of drug-likeness (QED) is 0.329. The first kappa shape index (κ1) is 19.4. The van der Waals surface area contributed by atoms with Gasteiger partial charge in [0.05, 0.1) is 12.2 Å². The van der Waals surface area contributed by atoms with Crippen molar-refractivity contribution in [2.75, 3.05) is 6.54 Å². The molecular formula is C19H21IN4S. The van der Waals surface area contributed by atoms with E-state index in [4.69, 9.17) is 5.73 Å². The largest absolute Gasteiger partial charge is 0.370 e. The smallest absolute Gasteiger partial charge is 0.188 e. The van der Waals surface area contributed by atoms with Crippen molar-refractivity contribution in [3.63, 3.8) is 0 Å². The maximum atomic E-state index is 5.92. The van der Waals surface area contributed by atoms with Gasteiger partial charge in [0, 0.05) is 17.5 Å². The highest BCUT2D eigenvalue weighted by molar-refractivity contribution is 14.0. The van der Waals surface area contributed by atoms with Crippen LogP contribution in [0.1, 0.15) is 11.3 Å². The van der Waals surface area contributed by atoms with Crippen LogP contribution in [0.2, 0.25) is 0 Å². The molecule has 0 spiro atoms. The third-order valence-corrected chi connectivity index (χ3v) is 4.49. The molecule has 0 aliphatic heterocycles. The third-order valence-electron chi connectivity index (χ3n) is 3.55. The molecule has 0 bridgehead atoms. The lowest BCUT2D eigenvalue weighted by Crippen LogP contribution is -2.33. The van der Waals surface area contributed by atoms with Gasteiger partial charge in [-0.1, -0.05) is 60.7 Å². The Morgan fingerprint density at radius 2 is 1.72 bits per heavy atom. The first-order valence-corrected chi connectivity index (χ1v) is 8.77. The second kappa shape index (κ2) is 10.1. The van der Waals surface area contributed by atoms with Crippen LogP contribution in [-0.2, 0) is 13.0 Å². The van der Waals surface area contributed by atoms with Gasteiger partial charge in [-0.2, -0.15) is 0 Å². The summed E-state index contributed by atoms with van der Waals surface area (Å²) in [6.45, 7) is 1.26. The van der Waals surface area contributed by atoms with Crippen LogP contribution in [0.5, 0.6) is 0 Å².